The predicted molar refractivity (Wildman–Crippen MR) is 84.7 cm³/mol. The van der Waals surface area contributed by atoms with Gasteiger partial charge in [0.25, 0.3) is 0 Å². The van der Waals surface area contributed by atoms with Gasteiger partial charge in [-0.2, -0.15) is 0 Å². The van der Waals surface area contributed by atoms with Crippen LogP contribution in [0.5, 0.6) is 5.75 Å². The third-order valence-corrected chi connectivity index (χ3v) is 4.36. The van der Waals surface area contributed by atoms with Gasteiger partial charge in [-0.05, 0) is 50.6 Å². The van der Waals surface area contributed by atoms with E-state index in [0.29, 0.717) is 5.75 Å². The Bertz CT molecular complexity index is 592. The number of thiophene rings is 1. The Morgan fingerprint density at radius 3 is 2.60 bits per heavy atom. The normalized spacial score (nSPS) is 12.2. The lowest BCUT2D eigenvalue weighted by atomic mass is 10.1. The number of benzene rings is 1. The van der Waals surface area contributed by atoms with Gasteiger partial charge in [0.15, 0.2) is 0 Å². The number of hydrogen-bond acceptors (Lipinski definition) is 4. The summed E-state index contributed by atoms with van der Waals surface area (Å²) in [6, 6.07) is 8.26. The molecular weight excluding hydrogens is 270 g/mol. The first kappa shape index (κ1) is 14.9. The lowest BCUT2D eigenvalue weighted by molar-refractivity contribution is 0.274. The van der Waals surface area contributed by atoms with Crippen LogP contribution in [-0.2, 0) is 6.61 Å². The van der Waals surface area contributed by atoms with Gasteiger partial charge in [-0.3, -0.25) is 0 Å². The molecule has 0 aliphatic rings. The predicted octanol–water partition coefficient (Wildman–Crippen LogP) is 4.04. The largest absolute Gasteiger partial charge is 0.496 e. The SMILES string of the molecule is COc1ccc(NC(C)c2cc(C)sc2C)cc1CO. The summed E-state index contributed by atoms with van der Waals surface area (Å²) in [5.41, 5.74) is 3.11. The van der Waals surface area contributed by atoms with Crippen molar-refractivity contribution in [1.82, 2.24) is 0 Å². The van der Waals surface area contributed by atoms with E-state index in [9.17, 15) is 5.11 Å². The van der Waals surface area contributed by atoms with Crippen LogP contribution in [0.3, 0.4) is 0 Å². The van der Waals surface area contributed by atoms with E-state index in [1.54, 1.807) is 7.11 Å². The molecule has 2 N–H and O–H groups in total. The van der Waals surface area contributed by atoms with Gasteiger partial charge in [-0.1, -0.05) is 0 Å². The number of anilines is 1. The summed E-state index contributed by atoms with van der Waals surface area (Å²) in [6.07, 6.45) is 0. The molecule has 0 radical (unpaired) electrons. The highest BCUT2D eigenvalue weighted by Crippen LogP contribution is 2.30. The molecule has 0 spiro atoms. The fraction of sp³-hybridized carbons (Fsp3) is 0.375. The van der Waals surface area contributed by atoms with Gasteiger partial charge in [0.1, 0.15) is 5.75 Å². The van der Waals surface area contributed by atoms with E-state index < -0.39 is 0 Å². The average molecular weight is 291 g/mol. The number of methoxy groups -OCH3 is 1. The number of rotatable bonds is 5. The Morgan fingerprint density at radius 2 is 2.05 bits per heavy atom. The second-order valence-corrected chi connectivity index (χ2v) is 6.38. The number of aliphatic hydroxyl groups is 1. The highest BCUT2D eigenvalue weighted by Gasteiger charge is 2.12. The minimum Gasteiger partial charge on any atom is -0.496 e. The minimum atomic E-state index is -0.0241. The van der Waals surface area contributed by atoms with E-state index in [1.807, 2.05) is 29.5 Å². The fourth-order valence-electron chi connectivity index (χ4n) is 2.40. The standard InChI is InChI=1S/C16H21NO2S/c1-10-7-15(12(3)20-10)11(2)17-14-5-6-16(19-4)13(8-14)9-18/h5-8,11,17-18H,9H2,1-4H3. The Balaban J connectivity index is 2.19. The zero-order valence-electron chi connectivity index (χ0n) is 12.4. The summed E-state index contributed by atoms with van der Waals surface area (Å²) in [5, 5.41) is 12.8. The van der Waals surface area contributed by atoms with Crippen LogP contribution in [0.4, 0.5) is 5.69 Å². The smallest absolute Gasteiger partial charge is 0.124 e. The quantitative estimate of drug-likeness (QED) is 0.873. The minimum absolute atomic E-state index is 0.0241. The van der Waals surface area contributed by atoms with Gasteiger partial charge in [-0.15, -0.1) is 11.3 Å². The molecule has 0 bridgehead atoms. The number of aliphatic hydroxyl groups excluding tert-OH is 1. The summed E-state index contributed by atoms with van der Waals surface area (Å²) in [4.78, 5) is 2.68. The van der Waals surface area contributed by atoms with Crippen molar-refractivity contribution in [1.29, 1.82) is 0 Å². The summed E-state index contributed by atoms with van der Waals surface area (Å²) < 4.78 is 5.22. The maximum atomic E-state index is 9.37. The van der Waals surface area contributed by atoms with E-state index in [-0.39, 0.29) is 12.6 Å². The molecule has 0 aliphatic heterocycles. The van der Waals surface area contributed by atoms with Gasteiger partial charge < -0.3 is 15.2 Å². The van der Waals surface area contributed by atoms with Crippen LogP contribution >= 0.6 is 11.3 Å². The lowest BCUT2D eigenvalue weighted by Gasteiger charge is -2.17. The lowest BCUT2D eigenvalue weighted by Crippen LogP contribution is -2.07. The van der Waals surface area contributed by atoms with Crippen LogP contribution in [0.2, 0.25) is 0 Å². The number of ether oxygens (including phenoxy) is 1. The van der Waals surface area contributed by atoms with E-state index in [4.69, 9.17) is 4.74 Å². The van der Waals surface area contributed by atoms with Crippen molar-refractivity contribution in [2.45, 2.75) is 33.4 Å². The highest BCUT2D eigenvalue weighted by atomic mass is 32.1. The Hall–Kier alpha value is -1.52. The van der Waals surface area contributed by atoms with Gasteiger partial charge in [0.05, 0.1) is 13.7 Å². The summed E-state index contributed by atoms with van der Waals surface area (Å²) in [5.74, 6) is 0.716. The van der Waals surface area contributed by atoms with E-state index >= 15 is 0 Å². The molecule has 0 saturated heterocycles. The first-order valence-corrected chi connectivity index (χ1v) is 7.48. The van der Waals surface area contributed by atoms with Crippen LogP contribution in [0.25, 0.3) is 0 Å². The molecule has 4 heteroatoms. The molecule has 1 aromatic carbocycles. The molecule has 0 aliphatic carbocycles. The van der Waals surface area contributed by atoms with Crippen LogP contribution in [-0.4, -0.2) is 12.2 Å². The van der Waals surface area contributed by atoms with Gasteiger partial charge in [0.2, 0.25) is 0 Å². The van der Waals surface area contributed by atoms with Crippen molar-refractivity contribution >= 4 is 17.0 Å². The summed E-state index contributed by atoms with van der Waals surface area (Å²) in [6.45, 7) is 6.41. The van der Waals surface area contributed by atoms with Crippen LogP contribution in [0, 0.1) is 13.8 Å². The van der Waals surface area contributed by atoms with E-state index in [1.165, 1.54) is 15.3 Å². The topological polar surface area (TPSA) is 41.5 Å². The number of aryl methyl sites for hydroxylation is 2. The third-order valence-electron chi connectivity index (χ3n) is 3.38. The second-order valence-electron chi connectivity index (χ2n) is 4.92. The van der Waals surface area contributed by atoms with Crippen molar-refractivity contribution in [2.24, 2.45) is 0 Å². The van der Waals surface area contributed by atoms with Crippen molar-refractivity contribution in [3.8, 4) is 5.75 Å². The van der Waals surface area contributed by atoms with Crippen LogP contribution < -0.4 is 10.1 Å². The molecule has 0 fully saturated rings. The molecule has 1 atom stereocenters. The molecule has 3 nitrogen and oxygen atoms in total. The highest BCUT2D eigenvalue weighted by molar-refractivity contribution is 7.12. The molecule has 0 amide bonds. The zero-order chi connectivity index (χ0) is 14.7. The summed E-state index contributed by atoms with van der Waals surface area (Å²) in [7, 11) is 1.61. The Labute approximate surface area is 124 Å². The maximum Gasteiger partial charge on any atom is 0.124 e. The molecule has 2 rings (SSSR count). The van der Waals surface area contributed by atoms with Crippen LogP contribution in [0.15, 0.2) is 24.3 Å². The molecule has 0 saturated carbocycles. The fourth-order valence-corrected chi connectivity index (χ4v) is 3.42. The summed E-state index contributed by atoms with van der Waals surface area (Å²) >= 11 is 1.82. The third kappa shape index (κ3) is 3.14. The number of hydrogen-bond donors (Lipinski definition) is 2. The van der Waals surface area contributed by atoms with E-state index in [2.05, 4.69) is 32.2 Å². The van der Waals surface area contributed by atoms with Crippen molar-refractivity contribution < 1.29 is 9.84 Å². The van der Waals surface area contributed by atoms with Gasteiger partial charge in [0, 0.05) is 27.0 Å². The van der Waals surface area contributed by atoms with Crippen molar-refractivity contribution in [3.63, 3.8) is 0 Å². The first-order valence-electron chi connectivity index (χ1n) is 6.66. The first-order chi connectivity index (χ1) is 9.55. The molecule has 1 unspecified atom stereocenters. The second kappa shape index (κ2) is 6.29. The molecule has 1 aromatic heterocycles. The zero-order valence-corrected chi connectivity index (χ0v) is 13.2. The molecule has 20 heavy (non-hydrogen) atoms. The molecule has 1 heterocycles. The maximum absolute atomic E-state index is 9.37. The number of nitrogens with one attached hydrogen (secondary N) is 1. The molecule has 2 aromatic rings. The van der Waals surface area contributed by atoms with Crippen LogP contribution in [0.1, 0.15) is 33.8 Å². The molecule has 108 valence electrons. The van der Waals surface area contributed by atoms with Crippen molar-refractivity contribution in [2.75, 3.05) is 12.4 Å². The van der Waals surface area contributed by atoms with Gasteiger partial charge >= 0.3 is 0 Å². The van der Waals surface area contributed by atoms with E-state index in [0.717, 1.165) is 11.3 Å². The monoisotopic (exact) mass is 291 g/mol. The van der Waals surface area contributed by atoms with Gasteiger partial charge in [-0.25, -0.2) is 0 Å². The Kier molecular flexibility index (Phi) is 4.68. The van der Waals surface area contributed by atoms with Crippen molar-refractivity contribution in [3.05, 3.63) is 45.1 Å². The Morgan fingerprint density at radius 1 is 1.30 bits per heavy atom. The average Bonchev–Trinajstić information content (AvgIpc) is 2.77. The molecular formula is C16H21NO2S.